The number of carbonyl (C=O) groups excluding carboxylic acids is 1. The highest BCUT2D eigenvalue weighted by atomic mass is 32.2. The van der Waals surface area contributed by atoms with Crippen LogP contribution in [0.1, 0.15) is 19.3 Å². The number of hydrogen-bond donors (Lipinski definition) is 1. The highest BCUT2D eigenvalue weighted by Crippen LogP contribution is 2.39. The molecule has 4 atom stereocenters. The van der Waals surface area contributed by atoms with Gasteiger partial charge in [0.25, 0.3) is 0 Å². The maximum absolute atomic E-state index is 12.3. The molecule has 0 aromatic carbocycles. The molecule has 4 unspecified atom stereocenters. The van der Waals surface area contributed by atoms with Crippen LogP contribution >= 0.6 is 0 Å². The van der Waals surface area contributed by atoms with Gasteiger partial charge in [0.15, 0.2) is 9.84 Å². The van der Waals surface area contributed by atoms with Crippen molar-refractivity contribution in [2.24, 2.45) is 17.8 Å². The first-order valence-electron chi connectivity index (χ1n) is 6.63. The van der Waals surface area contributed by atoms with E-state index in [1.807, 2.05) is 0 Å². The van der Waals surface area contributed by atoms with E-state index in [1.165, 1.54) is 0 Å². The third-order valence-electron chi connectivity index (χ3n) is 4.71. The third-order valence-corrected chi connectivity index (χ3v) is 6.48. The molecule has 1 amide bonds. The van der Waals surface area contributed by atoms with Crippen LogP contribution in [0.15, 0.2) is 0 Å². The van der Waals surface area contributed by atoms with Crippen molar-refractivity contribution in [2.45, 2.75) is 25.4 Å². The number of sulfone groups is 1. The van der Waals surface area contributed by atoms with Gasteiger partial charge in [-0.05, 0) is 25.2 Å². The molecule has 0 bridgehead atoms. The number of carbonyl (C=O) groups is 1. The second-order valence-electron chi connectivity index (χ2n) is 5.91. The Hall–Kier alpha value is -0.620. The lowest BCUT2D eigenvalue weighted by Crippen LogP contribution is -2.36. The predicted molar refractivity (Wildman–Crippen MR) is 65.6 cm³/mol. The maximum Gasteiger partial charge on any atom is 0.226 e. The lowest BCUT2D eigenvalue weighted by molar-refractivity contribution is -0.134. The second kappa shape index (κ2) is 4.20. The molecule has 1 aliphatic carbocycles. The molecule has 2 saturated heterocycles. The fourth-order valence-corrected chi connectivity index (χ4v) is 5.40. The minimum Gasteiger partial charge on any atom is -0.393 e. The lowest BCUT2D eigenvalue weighted by Gasteiger charge is -2.21. The largest absolute Gasteiger partial charge is 0.393 e. The molecule has 6 heteroatoms. The minimum atomic E-state index is -3.00. The molecule has 5 nitrogen and oxygen atoms in total. The Balaban J connectivity index is 1.65. The van der Waals surface area contributed by atoms with Gasteiger partial charge in [0, 0.05) is 19.0 Å². The Labute approximate surface area is 107 Å². The molecule has 0 aromatic rings. The van der Waals surface area contributed by atoms with Crippen LogP contribution in [0, 0.1) is 17.8 Å². The molecule has 0 aromatic heterocycles. The van der Waals surface area contributed by atoms with Crippen molar-refractivity contribution < 1.29 is 18.3 Å². The summed E-state index contributed by atoms with van der Waals surface area (Å²) < 4.78 is 22.8. The standard InChI is InChI=1S/C12H19NO4S/c14-11-2-1-8-5-13(6-10(8)11)12(15)9-3-4-18(16,17)7-9/h8-11,14H,1-7H2. The van der Waals surface area contributed by atoms with E-state index in [2.05, 4.69) is 0 Å². The normalized spacial score (nSPS) is 42.2. The average Bonchev–Trinajstić information content (AvgIpc) is 2.95. The van der Waals surface area contributed by atoms with Gasteiger partial charge in [-0.3, -0.25) is 4.79 Å². The molecular formula is C12H19NO4S. The van der Waals surface area contributed by atoms with Crippen LogP contribution in [0.2, 0.25) is 0 Å². The fraction of sp³-hybridized carbons (Fsp3) is 0.917. The highest BCUT2D eigenvalue weighted by Gasteiger charge is 2.45. The molecule has 2 heterocycles. The van der Waals surface area contributed by atoms with Crippen molar-refractivity contribution >= 4 is 15.7 Å². The van der Waals surface area contributed by atoms with Crippen LogP contribution in [0.5, 0.6) is 0 Å². The number of likely N-dealkylation sites (tertiary alicyclic amines) is 1. The van der Waals surface area contributed by atoms with Gasteiger partial charge in [0.2, 0.25) is 5.91 Å². The van der Waals surface area contributed by atoms with Gasteiger partial charge in [-0.2, -0.15) is 0 Å². The summed E-state index contributed by atoms with van der Waals surface area (Å²) in [5.74, 6) is 0.435. The predicted octanol–water partition coefficient (Wildman–Crippen LogP) is -0.350. The van der Waals surface area contributed by atoms with Crippen molar-refractivity contribution in [3.63, 3.8) is 0 Å². The van der Waals surface area contributed by atoms with Crippen LogP contribution in [0.3, 0.4) is 0 Å². The Morgan fingerprint density at radius 2 is 1.94 bits per heavy atom. The monoisotopic (exact) mass is 273 g/mol. The van der Waals surface area contributed by atoms with Gasteiger partial charge >= 0.3 is 0 Å². The zero-order chi connectivity index (χ0) is 12.9. The number of amides is 1. The number of aliphatic hydroxyl groups excluding tert-OH is 1. The van der Waals surface area contributed by atoms with E-state index in [0.717, 1.165) is 12.8 Å². The molecule has 0 radical (unpaired) electrons. The SMILES string of the molecule is O=C(C1CCS(=O)(=O)C1)N1CC2CCC(O)C2C1. The molecule has 102 valence electrons. The van der Waals surface area contributed by atoms with Gasteiger partial charge in [0.1, 0.15) is 0 Å². The summed E-state index contributed by atoms with van der Waals surface area (Å²) in [7, 11) is -3.00. The Morgan fingerprint density at radius 3 is 2.56 bits per heavy atom. The van der Waals surface area contributed by atoms with Crippen LogP contribution < -0.4 is 0 Å². The van der Waals surface area contributed by atoms with E-state index in [9.17, 15) is 18.3 Å². The second-order valence-corrected chi connectivity index (χ2v) is 8.14. The highest BCUT2D eigenvalue weighted by molar-refractivity contribution is 7.91. The first-order valence-corrected chi connectivity index (χ1v) is 8.46. The smallest absolute Gasteiger partial charge is 0.226 e. The van der Waals surface area contributed by atoms with E-state index in [0.29, 0.717) is 25.4 Å². The Kier molecular flexibility index (Phi) is 2.90. The summed E-state index contributed by atoms with van der Waals surface area (Å²) in [6.07, 6.45) is 2.02. The number of rotatable bonds is 1. The first kappa shape index (κ1) is 12.4. The summed E-state index contributed by atoms with van der Waals surface area (Å²) in [6, 6.07) is 0. The summed E-state index contributed by atoms with van der Waals surface area (Å²) >= 11 is 0. The summed E-state index contributed by atoms with van der Waals surface area (Å²) in [6.45, 7) is 1.32. The van der Waals surface area contributed by atoms with Crippen molar-refractivity contribution in [2.75, 3.05) is 24.6 Å². The van der Waals surface area contributed by atoms with E-state index < -0.39 is 9.84 Å². The van der Waals surface area contributed by atoms with Gasteiger partial charge in [-0.25, -0.2) is 8.42 Å². The summed E-state index contributed by atoms with van der Waals surface area (Å²) in [5.41, 5.74) is 0. The molecule has 1 saturated carbocycles. The molecule has 2 aliphatic heterocycles. The molecule has 3 aliphatic rings. The quantitative estimate of drug-likeness (QED) is 0.708. The van der Waals surface area contributed by atoms with E-state index in [1.54, 1.807) is 4.90 Å². The maximum atomic E-state index is 12.3. The number of aliphatic hydroxyl groups is 1. The first-order chi connectivity index (χ1) is 8.46. The third kappa shape index (κ3) is 2.05. The van der Waals surface area contributed by atoms with Crippen LogP contribution in [0.25, 0.3) is 0 Å². The molecule has 3 fully saturated rings. The Morgan fingerprint density at radius 1 is 1.17 bits per heavy atom. The minimum absolute atomic E-state index is 0.0141. The van der Waals surface area contributed by atoms with Crippen LogP contribution in [0.4, 0.5) is 0 Å². The van der Waals surface area contributed by atoms with Gasteiger partial charge in [-0.15, -0.1) is 0 Å². The molecule has 18 heavy (non-hydrogen) atoms. The topological polar surface area (TPSA) is 74.7 Å². The summed E-state index contributed by atoms with van der Waals surface area (Å²) in [4.78, 5) is 14.0. The van der Waals surface area contributed by atoms with Crippen molar-refractivity contribution in [3.8, 4) is 0 Å². The van der Waals surface area contributed by atoms with Gasteiger partial charge in [0.05, 0.1) is 23.5 Å². The van der Waals surface area contributed by atoms with E-state index in [-0.39, 0.29) is 35.4 Å². The zero-order valence-corrected chi connectivity index (χ0v) is 11.1. The molecule has 0 spiro atoms. The number of nitrogens with zero attached hydrogens (tertiary/aromatic N) is 1. The van der Waals surface area contributed by atoms with Crippen LogP contribution in [-0.4, -0.2) is 55.0 Å². The lowest BCUT2D eigenvalue weighted by atomic mass is 10.00. The van der Waals surface area contributed by atoms with E-state index in [4.69, 9.17) is 0 Å². The zero-order valence-electron chi connectivity index (χ0n) is 10.3. The van der Waals surface area contributed by atoms with Crippen molar-refractivity contribution in [3.05, 3.63) is 0 Å². The number of hydrogen-bond acceptors (Lipinski definition) is 4. The van der Waals surface area contributed by atoms with Gasteiger partial charge in [-0.1, -0.05) is 0 Å². The van der Waals surface area contributed by atoms with E-state index >= 15 is 0 Å². The Bertz CT molecular complexity index is 461. The molecule has 3 rings (SSSR count). The number of fused-ring (bicyclic) bond motifs is 1. The van der Waals surface area contributed by atoms with Crippen LogP contribution in [-0.2, 0) is 14.6 Å². The molecule has 1 N–H and O–H groups in total. The van der Waals surface area contributed by atoms with Gasteiger partial charge < -0.3 is 10.0 Å². The van der Waals surface area contributed by atoms with Crippen molar-refractivity contribution in [1.29, 1.82) is 0 Å². The fourth-order valence-electron chi connectivity index (χ4n) is 3.66. The molecular weight excluding hydrogens is 254 g/mol. The summed E-state index contributed by atoms with van der Waals surface area (Å²) in [5, 5.41) is 9.81. The van der Waals surface area contributed by atoms with Crippen molar-refractivity contribution in [1.82, 2.24) is 4.90 Å². The average molecular weight is 273 g/mol.